The van der Waals surface area contributed by atoms with Gasteiger partial charge in [0.15, 0.2) is 18.5 Å². The predicted molar refractivity (Wildman–Crippen MR) is 64.6 cm³/mol. The third kappa shape index (κ3) is 4.96. The molecule has 9 heteroatoms. The SMILES string of the molecule is [2H]CC(=O)OC[C@H]1OC(O)[C@H](OC(=O)C[2H])[C@@H](O)[C@H]1OC(=O)C[2H]. The van der Waals surface area contributed by atoms with Gasteiger partial charge in [-0.3, -0.25) is 14.4 Å². The van der Waals surface area contributed by atoms with E-state index in [9.17, 15) is 24.6 Å². The van der Waals surface area contributed by atoms with Crippen molar-refractivity contribution in [1.82, 2.24) is 0 Å². The Kier molecular flexibility index (Phi) is 4.54. The van der Waals surface area contributed by atoms with Gasteiger partial charge in [-0.25, -0.2) is 0 Å². The molecule has 1 aliphatic rings. The standard InChI is InChI=1S/C12H18O9/c1-5(13)18-4-8-10(19-6(2)14)9(16)11(12(17)21-8)20-7(3)15/h8-12,16-17H,4H2,1-3H3/t8-,9+,10+,11-,12?/m1/s1/i1D,2D,3D. The van der Waals surface area contributed by atoms with Crippen LogP contribution in [0, 0.1) is 0 Å². The second-order valence-corrected chi connectivity index (χ2v) is 4.15. The Labute approximate surface area is 124 Å². The smallest absolute Gasteiger partial charge is 0.303 e. The highest BCUT2D eigenvalue weighted by molar-refractivity contribution is 5.67. The lowest BCUT2D eigenvalue weighted by Gasteiger charge is -2.41. The van der Waals surface area contributed by atoms with Crippen molar-refractivity contribution in [2.75, 3.05) is 6.61 Å². The lowest BCUT2D eigenvalue weighted by atomic mass is 9.99. The predicted octanol–water partition coefficient (Wildman–Crippen LogP) is -1.51. The molecule has 2 N–H and O–H groups in total. The van der Waals surface area contributed by atoms with E-state index in [1.54, 1.807) is 0 Å². The van der Waals surface area contributed by atoms with Gasteiger partial charge in [-0.15, -0.1) is 0 Å². The van der Waals surface area contributed by atoms with Crippen LogP contribution >= 0.6 is 0 Å². The van der Waals surface area contributed by atoms with Gasteiger partial charge in [0.1, 0.15) is 18.8 Å². The van der Waals surface area contributed by atoms with Crippen LogP contribution in [-0.4, -0.2) is 65.4 Å². The number of ether oxygens (including phenoxy) is 4. The second-order valence-electron chi connectivity index (χ2n) is 4.15. The van der Waals surface area contributed by atoms with Gasteiger partial charge in [0.25, 0.3) is 0 Å². The van der Waals surface area contributed by atoms with Crippen molar-refractivity contribution in [3.8, 4) is 0 Å². The molecule has 0 bridgehead atoms. The molecule has 0 aromatic carbocycles. The van der Waals surface area contributed by atoms with Crippen molar-refractivity contribution >= 4 is 17.9 Å². The molecular formula is C12H18O9. The second kappa shape index (κ2) is 7.34. The first-order valence-electron chi connectivity index (χ1n) is 7.90. The Hall–Kier alpha value is -1.71. The van der Waals surface area contributed by atoms with E-state index in [4.69, 9.17) is 13.6 Å². The lowest BCUT2D eigenvalue weighted by Crippen LogP contribution is -2.61. The van der Waals surface area contributed by atoms with Crippen molar-refractivity contribution in [2.24, 2.45) is 0 Å². The minimum absolute atomic E-state index is 0.541. The molecule has 0 amide bonds. The number of aliphatic hydroxyl groups is 2. The molecule has 1 rings (SSSR count). The number of aliphatic hydroxyl groups excluding tert-OH is 2. The zero-order chi connectivity index (χ0) is 18.3. The maximum Gasteiger partial charge on any atom is 0.303 e. The van der Waals surface area contributed by atoms with Crippen LogP contribution in [0.3, 0.4) is 0 Å². The molecule has 1 saturated heterocycles. The maximum atomic E-state index is 11.3. The fourth-order valence-corrected chi connectivity index (χ4v) is 1.80. The summed E-state index contributed by atoms with van der Waals surface area (Å²) in [6.45, 7) is -2.74. The third-order valence-corrected chi connectivity index (χ3v) is 2.58. The van der Waals surface area contributed by atoms with E-state index in [0.717, 1.165) is 0 Å². The molecule has 120 valence electrons. The van der Waals surface area contributed by atoms with Crippen LogP contribution < -0.4 is 0 Å². The number of carbonyl (C=O) groups is 3. The number of hydrogen-bond acceptors (Lipinski definition) is 9. The zero-order valence-electron chi connectivity index (χ0n) is 14.0. The molecule has 1 fully saturated rings. The van der Waals surface area contributed by atoms with Gasteiger partial charge in [-0.2, -0.15) is 0 Å². The van der Waals surface area contributed by atoms with E-state index in [1.807, 2.05) is 0 Å². The number of carbonyl (C=O) groups excluding carboxylic acids is 3. The van der Waals surface area contributed by atoms with Crippen molar-refractivity contribution in [3.05, 3.63) is 0 Å². The highest BCUT2D eigenvalue weighted by Gasteiger charge is 2.48. The first-order chi connectivity index (χ1) is 11.3. The molecule has 0 spiro atoms. The molecule has 0 saturated carbocycles. The van der Waals surface area contributed by atoms with Gasteiger partial charge >= 0.3 is 17.9 Å². The number of hydrogen-bond donors (Lipinski definition) is 2. The Bertz CT molecular complexity index is 459. The molecule has 5 atom stereocenters. The Morgan fingerprint density at radius 1 is 1.05 bits per heavy atom. The molecule has 1 unspecified atom stereocenters. The summed E-state index contributed by atoms with van der Waals surface area (Å²) >= 11 is 0. The van der Waals surface area contributed by atoms with Gasteiger partial charge in [0, 0.05) is 24.8 Å². The van der Waals surface area contributed by atoms with Crippen molar-refractivity contribution in [1.29, 1.82) is 0 Å². The quantitative estimate of drug-likeness (QED) is 0.470. The van der Waals surface area contributed by atoms with Crippen molar-refractivity contribution in [2.45, 2.75) is 51.4 Å². The highest BCUT2D eigenvalue weighted by atomic mass is 16.7. The summed E-state index contributed by atoms with van der Waals surface area (Å²) in [5.74, 6) is -2.98. The van der Waals surface area contributed by atoms with Crippen LogP contribution in [-0.2, 0) is 33.3 Å². The average molecular weight is 309 g/mol. The maximum absolute atomic E-state index is 11.3. The van der Waals surface area contributed by atoms with Gasteiger partial charge in [-0.05, 0) is 0 Å². The first kappa shape index (κ1) is 13.0. The molecule has 0 aromatic heterocycles. The van der Waals surface area contributed by atoms with Crippen LogP contribution in [0.15, 0.2) is 0 Å². The molecule has 0 aromatic rings. The van der Waals surface area contributed by atoms with E-state index in [1.165, 1.54) is 0 Å². The Morgan fingerprint density at radius 3 is 2.19 bits per heavy atom. The van der Waals surface area contributed by atoms with Gasteiger partial charge in [-0.1, -0.05) is 0 Å². The van der Waals surface area contributed by atoms with Crippen molar-refractivity contribution < 1.29 is 47.7 Å². The topological polar surface area (TPSA) is 129 Å². The summed E-state index contributed by atoms with van der Waals surface area (Å²) in [4.78, 5) is 33.5. The van der Waals surface area contributed by atoms with Crippen LogP contribution in [0.1, 0.15) is 24.8 Å². The molecule has 1 heterocycles. The van der Waals surface area contributed by atoms with Gasteiger partial charge < -0.3 is 29.2 Å². The van der Waals surface area contributed by atoms with E-state index in [0.29, 0.717) is 0 Å². The minimum atomic E-state index is -1.82. The molecular weight excluding hydrogens is 288 g/mol. The summed E-state index contributed by atoms with van der Waals surface area (Å²) in [6, 6.07) is 0. The summed E-state index contributed by atoms with van der Waals surface area (Å²) in [7, 11) is 0. The third-order valence-electron chi connectivity index (χ3n) is 2.58. The summed E-state index contributed by atoms with van der Waals surface area (Å²) < 4.78 is 39.8. The molecule has 1 aliphatic heterocycles. The lowest BCUT2D eigenvalue weighted by molar-refractivity contribution is -0.293. The average Bonchev–Trinajstić information content (AvgIpc) is 2.58. The largest absolute Gasteiger partial charge is 0.463 e. The fraction of sp³-hybridized carbons (Fsp3) is 0.750. The molecule has 21 heavy (non-hydrogen) atoms. The van der Waals surface area contributed by atoms with Crippen LogP contribution in [0.2, 0.25) is 0 Å². The highest BCUT2D eigenvalue weighted by Crippen LogP contribution is 2.25. The van der Waals surface area contributed by atoms with Crippen LogP contribution in [0.4, 0.5) is 0 Å². The van der Waals surface area contributed by atoms with E-state index >= 15 is 0 Å². The Balaban J connectivity index is 2.88. The number of esters is 3. The first-order valence-corrected chi connectivity index (χ1v) is 5.77. The summed E-state index contributed by atoms with van der Waals surface area (Å²) in [6.07, 6.45) is -7.98. The molecule has 0 radical (unpaired) electrons. The van der Waals surface area contributed by atoms with Crippen molar-refractivity contribution in [3.63, 3.8) is 0 Å². The van der Waals surface area contributed by atoms with Gasteiger partial charge in [0.2, 0.25) is 0 Å². The van der Waals surface area contributed by atoms with E-state index in [-0.39, 0.29) is 0 Å². The number of rotatable bonds is 4. The van der Waals surface area contributed by atoms with Crippen LogP contribution in [0.25, 0.3) is 0 Å². The van der Waals surface area contributed by atoms with Gasteiger partial charge in [0.05, 0.1) is 0 Å². The summed E-state index contributed by atoms with van der Waals surface area (Å²) in [5.41, 5.74) is 0. The Morgan fingerprint density at radius 2 is 1.62 bits per heavy atom. The fourth-order valence-electron chi connectivity index (χ4n) is 1.80. The molecule has 0 aliphatic carbocycles. The van der Waals surface area contributed by atoms with E-state index < -0.39 is 75.9 Å². The normalized spacial score (nSPS) is 34.0. The van der Waals surface area contributed by atoms with Crippen LogP contribution in [0.5, 0.6) is 0 Å². The zero-order valence-corrected chi connectivity index (χ0v) is 11.0. The van der Waals surface area contributed by atoms with E-state index in [2.05, 4.69) is 9.47 Å². The summed E-state index contributed by atoms with van der Waals surface area (Å²) in [5, 5.41) is 20.0. The molecule has 9 nitrogen and oxygen atoms in total. The monoisotopic (exact) mass is 309 g/mol. The minimum Gasteiger partial charge on any atom is -0.463 e.